The van der Waals surface area contributed by atoms with Crippen molar-refractivity contribution in [2.24, 2.45) is 0 Å². The van der Waals surface area contributed by atoms with Crippen LogP contribution in [0.5, 0.6) is 0 Å². The molecule has 156 valence electrons. The summed E-state index contributed by atoms with van der Waals surface area (Å²) in [6.45, 7) is 1.85. The molecular formula is C26H25N3O2. The highest BCUT2D eigenvalue weighted by Gasteiger charge is 2.18. The third-order valence-corrected chi connectivity index (χ3v) is 5.27. The number of aromatic nitrogens is 1. The van der Waals surface area contributed by atoms with E-state index in [-0.39, 0.29) is 11.7 Å². The first-order valence-corrected chi connectivity index (χ1v) is 10.3. The predicted octanol–water partition coefficient (Wildman–Crippen LogP) is 4.69. The van der Waals surface area contributed by atoms with Crippen LogP contribution in [0.1, 0.15) is 26.3 Å². The van der Waals surface area contributed by atoms with E-state index < -0.39 is 0 Å². The van der Waals surface area contributed by atoms with Gasteiger partial charge in [0.1, 0.15) is 0 Å². The number of nitrogens with one attached hydrogen (secondary N) is 1. The van der Waals surface area contributed by atoms with Gasteiger partial charge in [0.2, 0.25) is 0 Å². The van der Waals surface area contributed by atoms with Gasteiger partial charge in [-0.1, -0.05) is 48.5 Å². The molecule has 0 aliphatic rings. The van der Waals surface area contributed by atoms with E-state index in [1.807, 2.05) is 42.5 Å². The lowest BCUT2D eigenvalue weighted by Gasteiger charge is -2.12. The van der Waals surface area contributed by atoms with Gasteiger partial charge < -0.3 is 14.8 Å². The zero-order valence-corrected chi connectivity index (χ0v) is 17.7. The van der Waals surface area contributed by atoms with Gasteiger partial charge in [-0.3, -0.25) is 9.59 Å². The van der Waals surface area contributed by atoms with Crippen LogP contribution in [0, 0.1) is 0 Å². The largest absolute Gasteiger partial charge is 0.346 e. The van der Waals surface area contributed by atoms with Crippen LogP contribution in [0.4, 0.5) is 5.69 Å². The van der Waals surface area contributed by atoms with E-state index in [0.717, 1.165) is 24.0 Å². The third-order valence-electron chi connectivity index (χ3n) is 5.27. The summed E-state index contributed by atoms with van der Waals surface area (Å²) in [6, 6.07) is 23.8. The molecule has 1 amide bonds. The zero-order valence-electron chi connectivity index (χ0n) is 17.7. The van der Waals surface area contributed by atoms with Crippen LogP contribution in [0.2, 0.25) is 0 Å². The number of ketones is 1. The molecule has 0 atom stereocenters. The second kappa shape index (κ2) is 8.98. The Balaban J connectivity index is 1.56. The summed E-state index contributed by atoms with van der Waals surface area (Å²) in [5, 5.41) is 4.01. The molecular weight excluding hydrogens is 386 g/mol. The maximum atomic E-state index is 13.0. The summed E-state index contributed by atoms with van der Waals surface area (Å²) in [7, 11) is 4.11. The van der Waals surface area contributed by atoms with Crippen molar-refractivity contribution in [3.63, 3.8) is 0 Å². The molecule has 0 fully saturated rings. The van der Waals surface area contributed by atoms with Gasteiger partial charge in [0.25, 0.3) is 5.91 Å². The molecule has 1 heterocycles. The second-order valence-electron chi connectivity index (χ2n) is 7.78. The minimum absolute atomic E-state index is 0.167. The standard InChI is InChI=1S/C26H25N3O2/c1-28(2)16-17-29-15-14-20-18-21(12-13-24(20)29)27-26(31)23-11-7-6-10-22(23)25(30)19-8-4-3-5-9-19/h3-15,18H,16-17H2,1-2H3,(H,27,31). The average Bonchev–Trinajstić information content (AvgIpc) is 3.20. The van der Waals surface area contributed by atoms with Gasteiger partial charge in [0.15, 0.2) is 5.78 Å². The topological polar surface area (TPSA) is 54.3 Å². The fourth-order valence-electron chi connectivity index (χ4n) is 3.60. The molecule has 31 heavy (non-hydrogen) atoms. The Kier molecular flexibility index (Phi) is 5.96. The van der Waals surface area contributed by atoms with Crippen molar-refractivity contribution in [1.82, 2.24) is 9.47 Å². The summed E-state index contributed by atoms with van der Waals surface area (Å²) in [5.41, 5.74) is 3.13. The van der Waals surface area contributed by atoms with E-state index in [1.54, 1.807) is 36.4 Å². The van der Waals surface area contributed by atoms with Gasteiger partial charge in [-0.05, 0) is 44.4 Å². The Morgan fingerprint density at radius 1 is 0.871 bits per heavy atom. The van der Waals surface area contributed by atoms with Crippen LogP contribution in [-0.2, 0) is 6.54 Å². The number of nitrogens with zero attached hydrogens (tertiary/aromatic N) is 2. The lowest BCUT2D eigenvalue weighted by atomic mass is 9.98. The van der Waals surface area contributed by atoms with Crippen molar-refractivity contribution in [3.8, 4) is 0 Å². The quantitative estimate of drug-likeness (QED) is 0.449. The number of amides is 1. The molecule has 1 aromatic heterocycles. The van der Waals surface area contributed by atoms with E-state index in [4.69, 9.17) is 0 Å². The number of rotatable bonds is 7. The van der Waals surface area contributed by atoms with Gasteiger partial charge in [-0.25, -0.2) is 0 Å². The number of likely N-dealkylation sites (N-methyl/N-ethyl adjacent to an activating group) is 1. The molecule has 5 nitrogen and oxygen atoms in total. The molecule has 4 rings (SSSR count). The summed E-state index contributed by atoms with van der Waals surface area (Å²) in [5.74, 6) is -0.467. The first-order chi connectivity index (χ1) is 15.0. The maximum Gasteiger partial charge on any atom is 0.256 e. The first kappa shape index (κ1) is 20.6. The van der Waals surface area contributed by atoms with E-state index in [9.17, 15) is 9.59 Å². The molecule has 0 aliphatic carbocycles. The number of hydrogen-bond acceptors (Lipinski definition) is 3. The van der Waals surface area contributed by atoms with Crippen LogP contribution in [0.25, 0.3) is 10.9 Å². The molecule has 0 bridgehead atoms. The minimum Gasteiger partial charge on any atom is -0.346 e. The Labute approximate surface area is 181 Å². The van der Waals surface area contributed by atoms with E-state index in [2.05, 4.69) is 35.1 Å². The normalized spacial score (nSPS) is 11.1. The van der Waals surface area contributed by atoms with Crippen LogP contribution in [-0.4, -0.2) is 41.8 Å². The molecule has 0 radical (unpaired) electrons. The van der Waals surface area contributed by atoms with Crippen LogP contribution in [0.15, 0.2) is 85.1 Å². The molecule has 0 unspecified atom stereocenters. The van der Waals surface area contributed by atoms with Crippen LogP contribution >= 0.6 is 0 Å². The highest BCUT2D eigenvalue weighted by molar-refractivity contribution is 6.17. The van der Waals surface area contributed by atoms with Gasteiger partial charge in [-0.2, -0.15) is 0 Å². The Morgan fingerprint density at radius 2 is 1.58 bits per heavy atom. The lowest BCUT2D eigenvalue weighted by molar-refractivity contribution is 0.0996. The SMILES string of the molecule is CN(C)CCn1ccc2cc(NC(=O)c3ccccc3C(=O)c3ccccc3)ccc21. The zero-order chi connectivity index (χ0) is 21.8. The lowest BCUT2D eigenvalue weighted by Crippen LogP contribution is -2.18. The smallest absolute Gasteiger partial charge is 0.256 e. The Bertz CT molecular complexity index is 1230. The second-order valence-corrected chi connectivity index (χ2v) is 7.78. The van der Waals surface area contributed by atoms with Crippen molar-refractivity contribution in [3.05, 3.63) is 102 Å². The highest BCUT2D eigenvalue weighted by atomic mass is 16.2. The van der Waals surface area contributed by atoms with Gasteiger partial charge in [-0.15, -0.1) is 0 Å². The number of benzene rings is 3. The van der Waals surface area contributed by atoms with Gasteiger partial charge >= 0.3 is 0 Å². The number of anilines is 1. The molecule has 0 spiro atoms. The molecule has 1 N–H and O–H groups in total. The molecule has 0 aliphatic heterocycles. The van der Waals surface area contributed by atoms with Crippen LogP contribution in [0.3, 0.4) is 0 Å². The van der Waals surface area contributed by atoms with Gasteiger partial charge in [0, 0.05) is 47.0 Å². The molecule has 0 saturated carbocycles. The Morgan fingerprint density at radius 3 is 2.32 bits per heavy atom. The van der Waals surface area contributed by atoms with E-state index >= 15 is 0 Å². The number of hydrogen-bond donors (Lipinski definition) is 1. The predicted molar refractivity (Wildman–Crippen MR) is 125 cm³/mol. The first-order valence-electron chi connectivity index (χ1n) is 10.3. The highest BCUT2D eigenvalue weighted by Crippen LogP contribution is 2.22. The van der Waals surface area contributed by atoms with Crippen molar-refractivity contribution >= 4 is 28.3 Å². The monoisotopic (exact) mass is 411 g/mol. The van der Waals surface area contributed by atoms with Crippen molar-refractivity contribution in [2.45, 2.75) is 6.54 Å². The van der Waals surface area contributed by atoms with E-state index in [0.29, 0.717) is 22.4 Å². The fourth-order valence-corrected chi connectivity index (χ4v) is 3.60. The third kappa shape index (κ3) is 4.57. The minimum atomic E-state index is -0.300. The van der Waals surface area contributed by atoms with Crippen LogP contribution < -0.4 is 5.32 Å². The summed E-state index contributed by atoms with van der Waals surface area (Å²) >= 11 is 0. The molecule has 3 aromatic carbocycles. The number of carbonyl (C=O) groups is 2. The number of carbonyl (C=O) groups excluding carboxylic acids is 2. The molecule has 4 aromatic rings. The maximum absolute atomic E-state index is 13.0. The van der Waals surface area contributed by atoms with E-state index in [1.165, 1.54) is 0 Å². The summed E-state index contributed by atoms with van der Waals surface area (Å²) in [6.07, 6.45) is 2.06. The number of fused-ring (bicyclic) bond motifs is 1. The molecule has 5 heteroatoms. The van der Waals surface area contributed by atoms with Crippen molar-refractivity contribution < 1.29 is 9.59 Å². The molecule has 0 saturated heterocycles. The van der Waals surface area contributed by atoms with Gasteiger partial charge in [0.05, 0.1) is 5.56 Å². The summed E-state index contributed by atoms with van der Waals surface area (Å²) in [4.78, 5) is 28.1. The fraction of sp³-hybridized carbons (Fsp3) is 0.154. The van der Waals surface area contributed by atoms with Crippen molar-refractivity contribution in [2.75, 3.05) is 26.0 Å². The average molecular weight is 412 g/mol. The van der Waals surface area contributed by atoms with Crippen molar-refractivity contribution in [1.29, 1.82) is 0 Å². The summed E-state index contributed by atoms with van der Waals surface area (Å²) < 4.78 is 2.20. The Hall–Kier alpha value is -3.70.